The molecule has 0 aromatic heterocycles. The third-order valence-corrected chi connectivity index (χ3v) is 5.14. The van der Waals surface area contributed by atoms with Crippen molar-refractivity contribution in [2.75, 3.05) is 46.9 Å². The van der Waals surface area contributed by atoms with Crippen LogP contribution in [0.15, 0.2) is 0 Å². The zero-order chi connectivity index (χ0) is 14.6. The lowest BCUT2D eigenvalue weighted by Crippen LogP contribution is -2.56. The summed E-state index contributed by atoms with van der Waals surface area (Å²) in [5, 5.41) is 0. The van der Waals surface area contributed by atoms with Gasteiger partial charge in [-0.15, -0.1) is 0 Å². The maximum Gasteiger partial charge on any atom is 0.158 e. The average molecular weight is 285 g/mol. The molecule has 0 bridgehead atoms. The van der Waals surface area contributed by atoms with Gasteiger partial charge in [0, 0.05) is 51.9 Å². The molecule has 2 heterocycles. The van der Waals surface area contributed by atoms with E-state index in [1.165, 1.54) is 32.4 Å². The van der Waals surface area contributed by atoms with Gasteiger partial charge in [-0.1, -0.05) is 0 Å². The fourth-order valence-electron chi connectivity index (χ4n) is 3.66. The molecule has 2 unspecified atom stereocenters. The van der Waals surface area contributed by atoms with E-state index in [0.717, 1.165) is 19.5 Å². The van der Waals surface area contributed by atoms with Crippen molar-refractivity contribution in [2.24, 2.45) is 5.73 Å². The fraction of sp³-hybridized carbons (Fsp3) is 1.00. The summed E-state index contributed by atoms with van der Waals surface area (Å²) in [5.41, 5.74) is 6.07. The van der Waals surface area contributed by atoms with Gasteiger partial charge in [0.05, 0.1) is 0 Å². The molecule has 2 aliphatic heterocycles. The van der Waals surface area contributed by atoms with Crippen molar-refractivity contribution < 1.29 is 9.47 Å². The van der Waals surface area contributed by atoms with Crippen LogP contribution < -0.4 is 5.73 Å². The summed E-state index contributed by atoms with van der Waals surface area (Å²) < 4.78 is 10.8. The first-order valence-corrected chi connectivity index (χ1v) is 7.87. The molecule has 5 nitrogen and oxygen atoms in total. The molecule has 20 heavy (non-hydrogen) atoms. The van der Waals surface area contributed by atoms with Crippen molar-refractivity contribution in [3.63, 3.8) is 0 Å². The van der Waals surface area contributed by atoms with Crippen LogP contribution in [0, 0.1) is 0 Å². The van der Waals surface area contributed by atoms with Gasteiger partial charge in [0.15, 0.2) is 6.29 Å². The molecule has 2 rings (SSSR count). The molecule has 2 saturated heterocycles. The molecule has 0 radical (unpaired) electrons. The van der Waals surface area contributed by atoms with Crippen LogP contribution in [0.5, 0.6) is 0 Å². The molecule has 0 aromatic rings. The smallest absolute Gasteiger partial charge is 0.158 e. The zero-order valence-electron chi connectivity index (χ0n) is 13.3. The van der Waals surface area contributed by atoms with E-state index in [2.05, 4.69) is 16.7 Å². The quantitative estimate of drug-likeness (QED) is 0.734. The Balaban J connectivity index is 2.04. The van der Waals surface area contributed by atoms with Gasteiger partial charge in [-0.05, 0) is 39.3 Å². The third kappa shape index (κ3) is 3.52. The van der Waals surface area contributed by atoms with Crippen LogP contribution in [0.4, 0.5) is 0 Å². The van der Waals surface area contributed by atoms with Crippen LogP contribution in [0.1, 0.15) is 32.6 Å². The van der Waals surface area contributed by atoms with E-state index in [1.807, 2.05) is 0 Å². The monoisotopic (exact) mass is 285 g/mol. The van der Waals surface area contributed by atoms with Crippen molar-refractivity contribution in [2.45, 2.75) is 50.5 Å². The number of hydrogen-bond acceptors (Lipinski definition) is 5. The van der Waals surface area contributed by atoms with Gasteiger partial charge >= 0.3 is 0 Å². The molecule has 2 atom stereocenters. The molecule has 2 aliphatic rings. The first-order chi connectivity index (χ1) is 9.62. The highest BCUT2D eigenvalue weighted by molar-refractivity contribution is 4.94. The summed E-state index contributed by atoms with van der Waals surface area (Å²) in [7, 11) is 3.40. The summed E-state index contributed by atoms with van der Waals surface area (Å²) in [5.74, 6) is 0. The van der Waals surface area contributed by atoms with Crippen molar-refractivity contribution in [3.05, 3.63) is 0 Å². The Labute approximate surface area is 123 Å². The molecule has 118 valence electrons. The minimum Gasteiger partial charge on any atom is -0.356 e. The second-order valence-electron chi connectivity index (χ2n) is 6.44. The molecule has 0 aromatic carbocycles. The lowest BCUT2D eigenvalue weighted by Gasteiger charge is -2.42. The standard InChI is InChI=1S/C15H31N3O2/c1-15(12-16,10-14(19-2)20-3)18-9-5-8-17-7-4-6-13(17)11-18/h13-14H,4-12,16H2,1-3H3. The lowest BCUT2D eigenvalue weighted by atomic mass is 9.94. The van der Waals surface area contributed by atoms with Crippen LogP contribution in [-0.2, 0) is 9.47 Å². The van der Waals surface area contributed by atoms with Crippen molar-refractivity contribution in [1.82, 2.24) is 9.80 Å². The number of nitrogens with zero attached hydrogens (tertiary/aromatic N) is 2. The topological polar surface area (TPSA) is 51.0 Å². The van der Waals surface area contributed by atoms with Gasteiger partial charge in [0.1, 0.15) is 0 Å². The number of methoxy groups -OCH3 is 2. The minimum atomic E-state index is -0.175. The number of rotatable bonds is 6. The predicted octanol–water partition coefficient (Wildman–Crippen LogP) is 0.883. The normalized spacial score (nSPS) is 28.4. The first-order valence-electron chi connectivity index (χ1n) is 7.87. The zero-order valence-corrected chi connectivity index (χ0v) is 13.3. The van der Waals surface area contributed by atoms with Crippen LogP contribution >= 0.6 is 0 Å². The van der Waals surface area contributed by atoms with E-state index in [-0.39, 0.29) is 11.8 Å². The Bertz CT molecular complexity index is 299. The third-order valence-electron chi connectivity index (χ3n) is 5.14. The molecule has 0 saturated carbocycles. The Morgan fingerprint density at radius 1 is 1.20 bits per heavy atom. The summed E-state index contributed by atoms with van der Waals surface area (Å²) in [4.78, 5) is 5.23. The highest BCUT2D eigenvalue weighted by Crippen LogP contribution is 2.28. The fourth-order valence-corrected chi connectivity index (χ4v) is 3.66. The minimum absolute atomic E-state index is 0.0463. The molecular weight excluding hydrogens is 254 g/mol. The van der Waals surface area contributed by atoms with Gasteiger partial charge in [-0.3, -0.25) is 9.80 Å². The van der Waals surface area contributed by atoms with E-state index < -0.39 is 0 Å². The maximum absolute atomic E-state index is 6.12. The Morgan fingerprint density at radius 2 is 1.90 bits per heavy atom. The van der Waals surface area contributed by atoms with Crippen molar-refractivity contribution >= 4 is 0 Å². The molecule has 2 fully saturated rings. The second-order valence-corrected chi connectivity index (χ2v) is 6.44. The van der Waals surface area contributed by atoms with E-state index in [0.29, 0.717) is 12.6 Å². The summed E-state index contributed by atoms with van der Waals surface area (Å²) in [6.07, 6.45) is 4.55. The Morgan fingerprint density at radius 3 is 2.55 bits per heavy atom. The summed E-state index contributed by atoms with van der Waals surface area (Å²) in [6.45, 7) is 7.66. The number of hydrogen-bond donors (Lipinski definition) is 1. The second kappa shape index (κ2) is 7.18. The highest BCUT2D eigenvalue weighted by Gasteiger charge is 2.38. The van der Waals surface area contributed by atoms with Gasteiger partial charge in [-0.2, -0.15) is 0 Å². The molecular formula is C15H31N3O2. The van der Waals surface area contributed by atoms with E-state index >= 15 is 0 Å². The summed E-state index contributed by atoms with van der Waals surface area (Å²) >= 11 is 0. The van der Waals surface area contributed by atoms with E-state index in [1.54, 1.807) is 14.2 Å². The van der Waals surface area contributed by atoms with Gasteiger partial charge in [0.2, 0.25) is 0 Å². The van der Waals surface area contributed by atoms with Crippen LogP contribution in [0.3, 0.4) is 0 Å². The molecule has 2 N–H and O–H groups in total. The Kier molecular flexibility index (Phi) is 5.81. The lowest BCUT2D eigenvalue weighted by molar-refractivity contribution is -0.129. The van der Waals surface area contributed by atoms with E-state index in [4.69, 9.17) is 15.2 Å². The number of nitrogens with two attached hydrogens (primary N) is 1. The average Bonchev–Trinajstić information content (AvgIpc) is 2.81. The molecule has 5 heteroatoms. The number of fused-ring (bicyclic) bond motifs is 1. The first kappa shape index (κ1) is 16.2. The maximum atomic E-state index is 6.12. The van der Waals surface area contributed by atoms with Crippen LogP contribution in [0.2, 0.25) is 0 Å². The van der Waals surface area contributed by atoms with Gasteiger partial charge in [-0.25, -0.2) is 0 Å². The molecule has 0 aliphatic carbocycles. The Hall–Kier alpha value is -0.200. The van der Waals surface area contributed by atoms with E-state index in [9.17, 15) is 0 Å². The SMILES string of the molecule is COC(CC(C)(CN)N1CCCN2CCCC2C1)OC. The van der Waals surface area contributed by atoms with Gasteiger partial charge in [0.25, 0.3) is 0 Å². The van der Waals surface area contributed by atoms with Gasteiger partial charge < -0.3 is 15.2 Å². The van der Waals surface area contributed by atoms with Crippen LogP contribution in [-0.4, -0.2) is 74.6 Å². The summed E-state index contributed by atoms with van der Waals surface area (Å²) in [6, 6.07) is 0.715. The van der Waals surface area contributed by atoms with Crippen molar-refractivity contribution in [1.29, 1.82) is 0 Å². The molecule has 0 amide bonds. The van der Waals surface area contributed by atoms with Crippen LogP contribution in [0.25, 0.3) is 0 Å². The number of ether oxygens (including phenoxy) is 2. The predicted molar refractivity (Wildman–Crippen MR) is 80.7 cm³/mol. The molecule has 0 spiro atoms. The highest BCUT2D eigenvalue weighted by atomic mass is 16.7. The van der Waals surface area contributed by atoms with Crippen molar-refractivity contribution in [3.8, 4) is 0 Å². The largest absolute Gasteiger partial charge is 0.356 e.